The van der Waals surface area contributed by atoms with Crippen molar-refractivity contribution < 1.29 is 9.53 Å². The minimum atomic E-state index is -0.341. The third-order valence-corrected chi connectivity index (χ3v) is 4.56. The topological polar surface area (TPSA) is 55.6 Å². The van der Waals surface area contributed by atoms with Gasteiger partial charge in [0.1, 0.15) is 5.75 Å². The predicted molar refractivity (Wildman–Crippen MR) is 84.0 cm³/mol. The Morgan fingerprint density at radius 2 is 2.05 bits per heavy atom. The summed E-state index contributed by atoms with van der Waals surface area (Å²) in [6.07, 6.45) is 5.27. The van der Waals surface area contributed by atoms with Gasteiger partial charge in [-0.25, -0.2) is 0 Å². The average Bonchev–Trinajstić information content (AvgIpc) is 2.54. The van der Waals surface area contributed by atoms with Crippen LogP contribution in [0.2, 0.25) is 0 Å². The second kappa shape index (κ2) is 6.94. The zero-order valence-electron chi connectivity index (χ0n) is 13.1. The molecule has 0 unspecified atom stereocenters. The monoisotopic (exact) mass is 290 g/mol. The molecule has 2 N–H and O–H groups in total. The summed E-state index contributed by atoms with van der Waals surface area (Å²) in [4.78, 5) is 14.6. The van der Waals surface area contributed by atoms with E-state index in [2.05, 4.69) is 0 Å². The van der Waals surface area contributed by atoms with Gasteiger partial charge < -0.3 is 15.4 Å². The third-order valence-electron chi connectivity index (χ3n) is 4.56. The van der Waals surface area contributed by atoms with Crippen LogP contribution in [0.15, 0.2) is 24.3 Å². The molecule has 4 heteroatoms. The Kier molecular flexibility index (Phi) is 5.23. The molecule has 21 heavy (non-hydrogen) atoms. The number of hydrogen-bond donors (Lipinski definition) is 1. The van der Waals surface area contributed by atoms with Crippen molar-refractivity contribution in [1.29, 1.82) is 0 Å². The predicted octanol–water partition coefficient (Wildman–Crippen LogP) is 2.56. The molecule has 0 atom stereocenters. The van der Waals surface area contributed by atoms with Gasteiger partial charge in [0, 0.05) is 20.1 Å². The summed E-state index contributed by atoms with van der Waals surface area (Å²) < 4.78 is 5.23. The van der Waals surface area contributed by atoms with E-state index in [-0.39, 0.29) is 11.3 Å². The third kappa shape index (κ3) is 3.56. The lowest BCUT2D eigenvalue weighted by Crippen LogP contribution is -2.47. The molecule has 1 aliphatic rings. The molecule has 1 aromatic rings. The van der Waals surface area contributed by atoms with Crippen LogP contribution in [0.4, 0.5) is 0 Å². The maximum atomic E-state index is 12.8. The fourth-order valence-corrected chi connectivity index (χ4v) is 3.26. The van der Waals surface area contributed by atoms with Crippen molar-refractivity contribution in [3.05, 3.63) is 29.8 Å². The molecule has 1 fully saturated rings. The van der Waals surface area contributed by atoms with Gasteiger partial charge in [0.15, 0.2) is 0 Å². The first kappa shape index (κ1) is 15.8. The van der Waals surface area contributed by atoms with Crippen molar-refractivity contribution in [1.82, 2.24) is 4.90 Å². The number of hydrogen-bond acceptors (Lipinski definition) is 3. The Hall–Kier alpha value is -1.55. The normalized spacial score (nSPS) is 17.3. The first-order valence-corrected chi connectivity index (χ1v) is 7.70. The van der Waals surface area contributed by atoms with Gasteiger partial charge in [0.2, 0.25) is 5.91 Å². The number of methoxy groups -OCH3 is 1. The first-order valence-electron chi connectivity index (χ1n) is 7.70. The van der Waals surface area contributed by atoms with Gasteiger partial charge in [-0.3, -0.25) is 4.79 Å². The molecule has 116 valence electrons. The maximum absolute atomic E-state index is 12.8. The number of carbonyl (C=O) groups is 1. The molecule has 0 bridgehead atoms. The quantitative estimate of drug-likeness (QED) is 0.906. The van der Waals surface area contributed by atoms with Crippen molar-refractivity contribution in [2.24, 2.45) is 11.1 Å². The van der Waals surface area contributed by atoms with Gasteiger partial charge >= 0.3 is 0 Å². The van der Waals surface area contributed by atoms with E-state index in [9.17, 15) is 4.79 Å². The molecule has 4 nitrogen and oxygen atoms in total. The van der Waals surface area contributed by atoms with Crippen LogP contribution in [0.1, 0.15) is 37.7 Å². The fraction of sp³-hybridized carbons (Fsp3) is 0.588. The molecular formula is C17H26N2O2. The van der Waals surface area contributed by atoms with Gasteiger partial charge in [-0.2, -0.15) is 0 Å². The summed E-state index contributed by atoms with van der Waals surface area (Å²) in [5.74, 6) is 1.01. The maximum Gasteiger partial charge on any atom is 0.230 e. The Balaban J connectivity index is 2.07. The van der Waals surface area contributed by atoms with E-state index in [1.165, 1.54) is 6.42 Å². The molecule has 0 heterocycles. The molecular weight excluding hydrogens is 264 g/mol. The zero-order valence-corrected chi connectivity index (χ0v) is 13.1. The molecule has 0 radical (unpaired) electrons. The van der Waals surface area contributed by atoms with Crippen molar-refractivity contribution >= 4 is 5.91 Å². The van der Waals surface area contributed by atoms with E-state index < -0.39 is 0 Å². The van der Waals surface area contributed by atoms with Crippen molar-refractivity contribution in [3.8, 4) is 5.75 Å². The van der Waals surface area contributed by atoms with E-state index in [0.29, 0.717) is 13.1 Å². The van der Waals surface area contributed by atoms with Crippen LogP contribution in [0.3, 0.4) is 0 Å². The van der Waals surface area contributed by atoms with Crippen LogP contribution in [0.25, 0.3) is 0 Å². The van der Waals surface area contributed by atoms with E-state index in [1.807, 2.05) is 36.2 Å². The summed E-state index contributed by atoms with van der Waals surface area (Å²) in [5, 5.41) is 0. The van der Waals surface area contributed by atoms with E-state index >= 15 is 0 Å². The second-order valence-electron chi connectivity index (χ2n) is 6.06. The number of benzene rings is 1. The standard InChI is InChI=1S/C17H26N2O2/c1-19(12-14-7-6-8-15(11-14)21-2)16(20)17(13-18)9-4-3-5-10-17/h6-8,11H,3-5,9-10,12-13,18H2,1-2H3. The molecule has 2 rings (SSSR count). The Morgan fingerprint density at radius 1 is 1.33 bits per heavy atom. The van der Waals surface area contributed by atoms with E-state index in [0.717, 1.165) is 37.0 Å². The summed E-state index contributed by atoms with van der Waals surface area (Å²) >= 11 is 0. The minimum absolute atomic E-state index is 0.188. The molecule has 1 aromatic carbocycles. The van der Waals surface area contributed by atoms with Gasteiger partial charge in [0.05, 0.1) is 12.5 Å². The number of carbonyl (C=O) groups excluding carboxylic acids is 1. The van der Waals surface area contributed by atoms with E-state index in [4.69, 9.17) is 10.5 Å². The SMILES string of the molecule is COc1cccc(CN(C)C(=O)C2(CN)CCCCC2)c1. The lowest BCUT2D eigenvalue weighted by Gasteiger charge is -2.37. The summed E-state index contributed by atoms with van der Waals surface area (Å²) in [6, 6.07) is 7.85. The highest BCUT2D eigenvalue weighted by atomic mass is 16.5. The number of nitrogens with two attached hydrogens (primary N) is 1. The van der Waals surface area contributed by atoms with Crippen molar-refractivity contribution in [2.45, 2.75) is 38.6 Å². The Bertz CT molecular complexity index is 481. The lowest BCUT2D eigenvalue weighted by molar-refractivity contribution is -0.142. The number of rotatable bonds is 5. The molecule has 1 amide bonds. The molecule has 1 saturated carbocycles. The highest BCUT2D eigenvalue weighted by Crippen LogP contribution is 2.37. The molecule has 0 aromatic heterocycles. The largest absolute Gasteiger partial charge is 0.497 e. The molecule has 0 spiro atoms. The smallest absolute Gasteiger partial charge is 0.230 e. The lowest BCUT2D eigenvalue weighted by atomic mass is 9.73. The van der Waals surface area contributed by atoms with Crippen LogP contribution in [0, 0.1) is 5.41 Å². The average molecular weight is 290 g/mol. The summed E-state index contributed by atoms with van der Waals surface area (Å²) in [5.41, 5.74) is 6.68. The Morgan fingerprint density at radius 3 is 2.67 bits per heavy atom. The van der Waals surface area contributed by atoms with Crippen LogP contribution < -0.4 is 10.5 Å². The first-order chi connectivity index (χ1) is 10.1. The highest BCUT2D eigenvalue weighted by Gasteiger charge is 2.39. The van der Waals surface area contributed by atoms with Crippen molar-refractivity contribution in [3.63, 3.8) is 0 Å². The summed E-state index contributed by atoms with van der Waals surface area (Å²) in [6.45, 7) is 1.05. The molecule has 0 aliphatic heterocycles. The second-order valence-corrected chi connectivity index (χ2v) is 6.06. The van der Waals surface area contributed by atoms with Crippen LogP contribution in [-0.2, 0) is 11.3 Å². The van der Waals surface area contributed by atoms with Gasteiger partial charge in [0.25, 0.3) is 0 Å². The summed E-state index contributed by atoms with van der Waals surface area (Å²) in [7, 11) is 3.52. The zero-order chi connectivity index (χ0) is 15.3. The van der Waals surface area contributed by atoms with E-state index in [1.54, 1.807) is 7.11 Å². The van der Waals surface area contributed by atoms with Crippen LogP contribution in [-0.4, -0.2) is 31.5 Å². The number of amides is 1. The van der Waals surface area contributed by atoms with Crippen molar-refractivity contribution in [2.75, 3.05) is 20.7 Å². The number of ether oxygens (including phenoxy) is 1. The fourth-order valence-electron chi connectivity index (χ4n) is 3.26. The molecule has 0 saturated heterocycles. The van der Waals surface area contributed by atoms with Crippen LogP contribution >= 0.6 is 0 Å². The Labute approximate surface area is 127 Å². The minimum Gasteiger partial charge on any atom is -0.497 e. The van der Waals surface area contributed by atoms with Gasteiger partial charge in [-0.15, -0.1) is 0 Å². The van der Waals surface area contributed by atoms with Crippen LogP contribution in [0.5, 0.6) is 5.75 Å². The highest BCUT2D eigenvalue weighted by molar-refractivity contribution is 5.83. The molecule has 1 aliphatic carbocycles. The number of nitrogens with zero attached hydrogens (tertiary/aromatic N) is 1. The van der Waals surface area contributed by atoms with Gasteiger partial charge in [-0.1, -0.05) is 31.4 Å². The van der Waals surface area contributed by atoms with Gasteiger partial charge in [-0.05, 0) is 30.5 Å².